The molecule has 28 heavy (non-hydrogen) atoms. The largest absolute Gasteiger partial charge is 0.383 e. The summed E-state index contributed by atoms with van der Waals surface area (Å²) in [6, 6.07) is 18.9. The van der Waals surface area contributed by atoms with Crippen LogP contribution in [0.3, 0.4) is 0 Å². The first kappa shape index (κ1) is 20.0. The van der Waals surface area contributed by atoms with Gasteiger partial charge in [-0.2, -0.15) is 0 Å². The predicted octanol–water partition coefficient (Wildman–Crippen LogP) is 3.41. The summed E-state index contributed by atoms with van der Waals surface area (Å²) in [7, 11) is -2.14. The molecule has 0 aliphatic heterocycles. The number of hydrogen-bond acceptors (Lipinski definition) is 4. The summed E-state index contributed by atoms with van der Waals surface area (Å²) in [6.07, 6.45) is 0. The summed E-state index contributed by atoms with van der Waals surface area (Å²) in [5.74, 6) is -0.251. The number of benzene rings is 3. The molecule has 0 saturated carbocycles. The van der Waals surface area contributed by atoms with E-state index in [1.807, 2.05) is 36.4 Å². The van der Waals surface area contributed by atoms with Gasteiger partial charge in [0.15, 0.2) is 0 Å². The summed E-state index contributed by atoms with van der Waals surface area (Å²) in [5, 5.41) is 4.65. The molecular weight excluding hydrogens is 376 g/mol. The smallest absolute Gasteiger partial charge is 0.256 e. The van der Waals surface area contributed by atoms with Crippen molar-refractivity contribution in [1.82, 2.24) is 4.72 Å². The molecule has 6 nitrogen and oxygen atoms in total. The molecule has 0 unspecified atom stereocenters. The van der Waals surface area contributed by atoms with Crippen molar-refractivity contribution in [2.24, 2.45) is 0 Å². The highest BCUT2D eigenvalue weighted by atomic mass is 32.2. The number of ether oxygens (including phenoxy) is 1. The van der Waals surface area contributed by atoms with Crippen LogP contribution in [0.25, 0.3) is 10.8 Å². The number of carbonyl (C=O) groups is 1. The normalized spacial score (nSPS) is 12.6. The topological polar surface area (TPSA) is 84.5 Å². The van der Waals surface area contributed by atoms with Crippen molar-refractivity contribution in [3.63, 3.8) is 0 Å². The second-order valence-corrected chi connectivity index (χ2v) is 8.20. The SMILES string of the molecule is COC[C@H](C)NS(=O)(=O)c1ccc(NC(=O)c2cccc3ccccc23)cc1. The van der Waals surface area contributed by atoms with Crippen molar-refractivity contribution < 1.29 is 17.9 Å². The van der Waals surface area contributed by atoms with Crippen LogP contribution in [0.5, 0.6) is 0 Å². The molecule has 146 valence electrons. The average Bonchev–Trinajstić information content (AvgIpc) is 2.67. The van der Waals surface area contributed by atoms with Crippen molar-refractivity contribution in [1.29, 1.82) is 0 Å². The molecule has 2 N–H and O–H groups in total. The van der Waals surface area contributed by atoms with E-state index < -0.39 is 10.0 Å². The van der Waals surface area contributed by atoms with E-state index in [-0.39, 0.29) is 23.5 Å². The minimum atomic E-state index is -3.65. The number of methoxy groups -OCH3 is 1. The monoisotopic (exact) mass is 398 g/mol. The number of fused-ring (bicyclic) bond motifs is 1. The van der Waals surface area contributed by atoms with Gasteiger partial charge in [-0.3, -0.25) is 4.79 Å². The lowest BCUT2D eigenvalue weighted by Gasteiger charge is -2.13. The Balaban J connectivity index is 1.76. The molecule has 0 aliphatic rings. The van der Waals surface area contributed by atoms with Crippen molar-refractivity contribution in [2.45, 2.75) is 17.9 Å². The maximum absolute atomic E-state index is 12.7. The molecular formula is C21H22N2O4S. The summed E-state index contributed by atoms with van der Waals surface area (Å²) >= 11 is 0. The first-order chi connectivity index (χ1) is 13.4. The van der Waals surface area contributed by atoms with E-state index in [9.17, 15) is 13.2 Å². The Labute approximate surface area is 164 Å². The van der Waals surface area contributed by atoms with E-state index in [1.165, 1.54) is 19.2 Å². The highest BCUT2D eigenvalue weighted by Gasteiger charge is 2.17. The fourth-order valence-corrected chi connectivity index (χ4v) is 4.18. The lowest BCUT2D eigenvalue weighted by atomic mass is 10.0. The van der Waals surface area contributed by atoms with Crippen LogP contribution < -0.4 is 10.0 Å². The van der Waals surface area contributed by atoms with E-state index in [1.54, 1.807) is 25.1 Å². The summed E-state index contributed by atoms with van der Waals surface area (Å²) < 4.78 is 32.2. The van der Waals surface area contributed by atoms with Crippen LogP contribution in [0.15, 0.2) is 71.6 Å². The van der Waals surface area contributed by atoms with Gasteiger partial charge in [-0.25, -0.2) is 13.1 Å². The second kappa shape index (κ2) is 8.52. The van der Waals surface area contributed by atoms with Gasteiger partial charge < -0.3 is 10.1 Å². The molecule has 0 aliphatic carbocycles. The molecule has 1 amide bonds. The molecule has 3 aromatic rings. The predicted molar refractivity (Wildman–Crippen MR) is 110 cm³/mol. The zero-order valence-electron chi connectivity index (χ0n) is 15.7. The highest BCUT2D eigenvalue weighted by molar-refractivity contribution is 7.89. The molecule has 0 bridgehead atoms. The minimum absolute atomic E-state index is 0.124. The van der Waals surface area contributed by atoms with Crippen LogP contribution in [0.1, 0.15) is 17.3 Å². The maximum Gasteiger partial charge on any atom is 0.256 e. The van der Waals surface area contributed by atoms with E-state index in [0.717, 1.165) is 10.8 Å². The molecule has 1 atom stereocenters. The molecule has 0 radical (unpaired) electrons. The molecule has 0 fully saturated rings. The molecule has 7 heteroatoms. The van der Waals surface area contributed by atoms with E-state index >= 15 is 0 Å². The Morgan fingerprint density at radius 2 is 1.68 bits per heavy atom. The highest BCUT2D eigenvalue weighted by Crippen LogP contribution is 2.20. The van der Waals surface area contributed by atoms with Gasteiger partial charge in [0.1, 0.15) is 0 Å². The van der Waals surface area contributed by atoms with Crippen molar-refractivity contribution in [3.8, 4) is 0 Å². The lowest BCUT2D eigenvalue weighted by molar-refractivity contribution is 0.102. The third kappa shape index (κ3) is 4.56. The Morgan fingerprint density at radius 1 is 1.00 bits per heavy atom. The van der Waals surface area contributed by atoms with E-state index in [4.69, 9.17) is 4.74 Å². The number of carbonyl (C=O) groups excluding carboxylic acids is 1. The molecule has 0 saturated heterocycles. The number of amides is 1. The first-order valence-electron chi connectivity index (χ1n) is 8.81. The zero-order chi connectivity index (χ0) is 20.1. The average molecular weight is 398 g/mol. The lowest BCUT2D eigenvalue weighted by Crippen LogP contribution is -2.35. The van der Waals surface area contributed by atoms with Gasteiger partial charge in [0.25, 0.3) is 5.91 Å². The summed E-state index contributed by atoms with van der Waals surface area (Å²) in [6.45, 7) is 2.00. The van der Waals surface area contributed by atoms with Gasteiger partial charge in [-0.15, -0.1) is 0 Å². The quantitative estimate of drug-likeness (QED) is 0.639. The van der Waals surface area contributed by atoms with Gasteiger partial charge in [-0.05, 0) is 48.0 Å². The number of nitrogens with one attached hydrogen (secondary N) is 2. The van der Waals surface area contributed by atoms with Gasteiger partial charge in [0, 0.05) is 24.4 Å². The second-order valence-electron chi connectivity index (χ2n) is 6.48. The van der Waals surface area contributed by atoms with Gasteiger partial charge >= 0.3 is 0 Å². The fraction of sp³-hybridized carbons (Fsp3) is 0.190. The van der Waals surface area contributed by atoms with Gasteiger partial charge in [0.05, 0.1) is 11.5 Å². The van der Waals surface area contributed by atoms with Crippen LogP contribution in [0.4, 0.5) is 5.69 Å². The molecule has 0 heterocycles. The van der Waals surface area contributed by atoms with Crippen LogP contribution in [0.2, 0.25) is 0 Å². The Morgan fingerprint density at radius 3 is 2.39 bits per heavy atom. The van der Waals surface area contributed by atoms with Gasteiger partial charge in [-0.1, -0.05) is 36.4 Å². The van der Waals surface area contributed by atoms with Crippen LogP contribution in [0, 0.1) is 0 Å². The number of anilines is 1. The minimum Gasteiger partial charge on any atom is -0.383 e. The third-order valence-corrected chi connectivity index (χ3v) is 5.84. The Kier molecular flexibility index (Phi) is 6.08. The number of rotatable bonds is 7. The Bertz CT molecular complexity index is 1070. The maximum atomic E-state index is 12.7. The summed E-state index contributed by atoms with van der Waals surface area (Å²) in [5.41, 5.74) is 1.08. The van der Waals surface area contributed by atoms with E-state index in [0.29, 0.717) is 11.3 Å². The Hall–Kier alpha value is -2.74. The van der Waals surface area contributed by atoms with E-state index in [2.05, 4.69) is 10.0 Å². The fourth-order valence-electron chi connectivity index (χ4n) is 2.96. The molecule has 3 rings (SSSR count). The summed E-state index contributed by atoms with van der Waals surface area (Å²) in [4.78, 5) is 12.8. The van der Waals surface area contributed by atoms with Crippen molar-refractivity contribution in [3.05, 3.63) is 72.3 Å². The zero-order valence-corrected chi connectivity index (χ0v) is 16.5. The molecule has 0 spiro atoms. The number of sulfonamides is 1. The molecule has 0 aromatic heterocycles. The van der Waals surface area contributed by atoms with Crippen molar-refractivity contribution >= 4 is 32.4 Å². The van der Waals surface area contributed by atoms with Crippen LogP contribution >= 0.6 is 0 Å². The van der Waals surface area contributed by atoms with Crippen LogP contribution in [-0.2, 0) is 14.8 Å². The van der Waals surface area contributed by atoms with Crippen LogP contribution in [-0.4, -0.2) is 34.1 Å². The molecule has 3 aromatic carbocycles. The standard InChI is InChI=1S/C21H22N2O4S/c1-15(14-27-2)23-28(25,26)18-12-10-17(11-13-18)22-21(24)20-9-5-7-16-6-3-4-8-19(16)20/h3-13,15,23H,14H2,1-2H3,(H,22,24)/t15-/m0/s1. The number of hydrogen-bond donors (Lipinski definition) is 2. The van der Waals surface area contributed by atoms with Crippen molar-refractivity contribution in [2.75, 3.05) is 19.0 Å². The van der Waals surface area contributed by atoms with Gasteiger partial charge in [0.2, 0.25) is 10.0 Å². The first-order valence-corrected chi connectivity index (χ1v) is 10.3. The third-order valence-electron chi connectivity index (χ3n) is 4.23.